The molecular formula is C53H110P+. The highest BCUT2D eigenvalue weighted by Crippen LogP contribution is 2.61. The van der Waals surface area contributed by atoms with E-state index >= 15 is 0 Å². The van der Waals surface area contributed by atoms with Crippen LogP contribution >= 0.6 is 7.26 Å². The fraction of sp³-hybridized carbons (Fsp3) is 1.00. The molecular weight excluding hydrogens is 668 g/mol. The molecule has 0 saturated heterocycles. The predicted molar refractivity (Wildman–Crippen MR) is 257 cm³/mol. The Morgan fingerprint density at radius 2 is 0.259 bits per heavy atom. The van der Waals surface area contributed by atoms with Gasteiger partial charge < -0.3 is 0 Å². The highest BCUT2D eigenvalue weighted by Gasteiger charge is 2.35. The van der Waals surface area contributed by atoms with Crippen molar-refractivity contribution >= 4 is 7.26 Å². The third-order valence-electron chi connectivity index (χ3n) is 13.2. The lowest BCUT2D eigenvalue weighted by Crippen LogP contribution is -2.13. The lowest BCUT2D eigenvalue weighted by molar-refractivity contribution is 0.545. The van der Waals surface area contributed by atoms with Gasteiger partial charge in [0.05, 0.1) is 24.6 Å². The fourth-order valence-electron chi connectivity index (χ4n) is 9.29. The summed E-state index contributed by atoms with van der Waals surface area (Å²) in [5, 5.41) is 0. The highest BCUT2D eigenvalue weighted by atomic mass is 31.2. The second-order valence-corrected chi connectivity index (χ2v) is 23.2. The van der Waals surface area contributed by atoms with E-state index in [9.17, 15) is 0 Å². The zero-order valence-corrected chi connectivity index (χ0v) is 40.0. The van der Waals surface area contributed by atoms with Crippen molar-refractivity contribution < 1.29 is 0 Å². The molecule has 54 heavy (non-hydrogen) atoms. The van der Waals surface area contributed by atoms with Crippen molar-refractivity contribution in [3.8, 4) is 0 Å². The molecule has 0 aromatic carbocycles. The second kappa shape index (κ2) is 47.8. The van der Waals surface area contributed by atoms with E-state index in [1.165, 1.54) is 263 Å². The van der Waals surface area contributed by atoms with Crippen LogP contribution < -0.4 is 0 Å². The van der Waals surface area contributed by atoms with E-state index in [1.54, 1.807) is 50.3 Å². The van der Waals surface area contributed by atoms with Crippen LogP contribution in [-0.2, 0) is 0 Å². The zero-order valence-electron chi connectivity index (χ0n) is 39.1. The van der Waals surface area contributed by atoms with Crippen LogP contribution in [-0.4, -0.2) is 24.6 Å². The van der Waals surface area contributed by atoms with Crippen molar-refractivity contribution in [3.63, 3.8) is 0 Å². The lowest BCUT2D eigenvalue weighted by atomic mass is 10.1. The van der Waals surface area contributed by atoms with E-state index < -0.39 is 7.26 Å². The number of rotatable bonds is 49. The van der Waals surface area contributed by atoms with Crippen LogP contribution in [0.1, 0.15) is 317 Å². The third kappa shape index (κ3) is 42.0. The molecule has 0 N–H and O–H groups in total. The van der Waals surface area contributed by atoms with Gasteiger partial charge in [-0.15, -0.1) is 0 Å². The highest BCUT2D eigenvalue weighted by molar-refractivity contribution is 7.75. The average Bonchev–Trinajstić information content (AvgIpc) is 3.18. The Kier molecular flexibility index (Phi) is 48.2. The Balaban J connectivity index is 4.87. The summed E-state index contributed by atoms with van der Waals surface area (Å²) in [7, 11) is -0.806. The molecule has 0 amide bonds. The van der Waals surface area contributed by atoms with Crippen molar-refractivity contribution in [2.75, 3.05) is 24.6 Å². The first-order valence-electron chi connectivity index (χ1n) is 26.6. The quantitative estimate of drug-likeness (QED) is 0.0426. The predicted octanol–water partition coefficient (Wildman–Crippen LogP) is 20.6. The number of hydrogen-bond acceptors (Lipinski definition) is 0. The van der Waals surface area contributed by atoms with Crippen molar-refractivity contribution in [1.82, 2.24) is 0 Å². The Bertz CT molecular complexity index is 572. The minimum atomic E-state index is -0.806. The maximum Gasteiger partial charge on any atom is 0.0594 e. The van der Waals surface area contributed by atoms with E-state index in [0.29, 0.717) is 0 Å². The van der Waals surface area contributed by atoms with Gasteiger partial charge in [0.25, 0.3) is 0 Å². The van der Waals surface area contributed by atoms with Crippen molar-refractivity contribution in [3.05, 3.63) is 0 Å². The first kappa shape index (κ1) is 54.4. The molecule has 0 aliphatic carbocycles. The Hall–Kier alpha value is 0.430. The van der Waals surface area contributed by atoms with Crippen LogP contribution in [0.5, 0.6) is 0 Å². The summed E-state index contributed by atoms with van der Waals surface area (Å²) >= 11 is 0. The molecule has 0 radical (unpaired) electrons. The lowest BCUT2D eigenvalue weighted by Gasteiger charge is -2.28. The molecule has 0 saturated carbocycles. The molecule has 0 aliphatic rings. The van der Waals surface area contributed by atoms with Gasteiger partial charge in [-0.25, -0.2) is 0 Å². The van der Waals surface area contributed by atoms with E-state index in [1.807, 2.05) is 0 Å². The molecule has 0 nitrogen and oxygen atoms in total. The van der Waals surface area contributed by atoms with Gasteiger partial charge in [-0.05, 0) is 51.4 Å². The van der Waals surface area contributed by atoms with Crippen molar-refractivity contribution in [2.45, 2.75) is 317 Å². The molecule has 0 spiro atoms. The summed E-state index contributed by atoms with van der Waals surface area (Å²) in [4.78, 5) is 0. The van der Waals surface area contributed by atoms with Crippen LogP contribution in [0.3, 0.4) is 0 Å². The summed E-state index contributed by atoms with van der Waals surface area (Å²) < 4.78 is 0. The molecule has 0 bridgehead atoms. The average molecular weight is 778 g/mol. The summed E-state index contributed by atoms with van der Waals surface area (Å²) in [6, 6.07) is 0. The molecule has 326 valence electrons. The van der Waals surface area contributed by atoms with E-state index in [-0.39, 0.29) is 0 Å². The molecule has 0 atom stereocenters. The Labute approximate surface area is 347 Å². The van der Waals surface area contributed by atoms with E-state index in [2.05, 4.69) is 27.7 Å². The number of hydrogen-bond donors (Lipinski definition) is 0. The molecule has 0 aliphatic heterocycles. The molecule has 0 heterocycles. The first-order chi connectivity index (χ1) is 26.7. The monoisotopic (exact) mass is 778 g/mol. The van der Waals surface area contributed by atoms with Crippen molar-refractivity contribution in [2.24, 2.45) is 0 Å². The largest absolute Gasteiger partial charge is 0.0654 e. The molecule has 0 fully saturated rings. The third-order valence-corrected chi connectivity index (χ3v) is 18.3. The van der Waals surface area contributed by atoms with Gasteiger partial charge in [0, 0.05) is 7.26 Å². The standard InChI is InChI=1S/C53H110P/c1-5-9-13-17-21-25-28-31-35-39-43-47-51-54(50-46-42-38-34-24-20-16-12-8-4,52-48-44-40-36-32-29-26-22-18-14-10-6-2)53-49-45-41-37-33-30-27-23-19-15-11-7-3/h5-53H2,1-4H3/q+1. The van der Waals surface area contributed by atoms with Crippen LogP contribution in [0.25, 0.3) is 0 Å². The summed E-state index contributed by atoms with van der Waals surface area (Å²) in [5.74, 6) is 0. The molecule has 0 aromatic heterocycles. The number of unbranched alkanes of at least 4 members (excludes halogenated alkanes) is 41. The molecule has 0 rings (SSSR count). The summed E-state index contributed by atoms with van der Waals surface area (Å²) in [6.07, 6.45) is 73.8. The SMILES string of the molecule is CCCCCCCCCCCCCC[P+](CCCCCCCCCCC)(CCCCCCCCCCCCCC)CCCCCCCCCCCCCC. The van der Waals surface area contributed by atoms with Crippen LogP contribution in [0.2, 0.25) is 0 Å². The zero-order chi connectivity index (χ0) is 39.1. The maximum atomic E-state index is 2.35. The minimum Gasteiger partial charge on any atom is -0.0654 e. The van der Waals surface area contributed by atoms with Gasteiger partial charge >= 0.3 is 0 Å². The van der Waals surface area contributed by atoms with Gasteiger partial charge in [0.2, 0.25) is 0 Å². The van der Waals surface area contributed by atoms with Crippen LogP contribution in [0.4, 0.5) is 0 Å². The smallest absolute Gasteiger partial charge is 0.0594 e. The minimum absolute atomic E-state index is 0.806. The second-order valence-electron chi connectivity index (χ2n) is 18.7. The van der Waals surface area contributed by atoms with Crippen LogP contribution in [0.15, 0.2) is 0 Å². The van der Waals surface area contributed by atoms with Crippen molar-refractivity contribution in [1.29, 1.82) is 0 Å². The summed E-state index contributed by atoms with van der Waals surface area (Å²) in [6.45, 7) is 9.35. The topological polar surface area (TPSA) is 0 Å². The molecule has 0 aromatic rings. The van der Waals surface area contributed by atoms with Gasteiger partial charge in [-0.3, -0.25) is 0 Å². The van der Waals surface area contributed by atoms with Gasteiger partial charge in [0.15, 0.2) is 0 Å². The first-order valence-corrected chi connectivity index (χ1v) is 29.1. The normalized spacial score (nSPS) is 12.0. The van der Waals surface area contributed by atoms with Gasteiger partial charge in [-0.1, -0.05) is 265 Å². The fourth-order valence-corrected chi connectivity index (χ4v) is 14.2. The van der Waals surface area contributed by atoms with Crippen LogP contribution in [0, 0.1) is 0 Å². The summed E-state index contributed by atoms with van der Waals surface area (Å²) in [5.41, 5.74) is 0. The van der Waals surface area contributed by atoms with E-state index in [0.717, 1.165) is 0 Å². The Morgan fingerprint density at radius 1 is 0.148 bits per heavy atom. The van der Waals surface area contributed by atoms with Gasteiger partial charge in [0.1, 0.15) is 0 Å². The van der Waals surface area contributed by atoms with Gasteiger partial charge in [-0.2, -0.15) is 0 Å². The Morgan fingerprint density at radius 3 is 0.389 bits per heavy atom. The molecule has 0 unspecified atom stereocenters. The van der Waals surface area contributed by atoms with E-state index in [4.69, 9.17) is 0 Å². The molecule has 1 heteroatoms. The maximum absolute atomic E-state index is 2.35.